The fraction of sp³-hybridized carbons (Fsp3) is 0.176. The molecule has 1 fully saturated rings. The van der Waals surface area contributed by atoms with E-state index in [2.05, 4.69) is 20.8 Å². The largest absolute Gasteiger partial charge is 0.463 e. The first-order valence-corrected chi connectivity index (χ1v) is 9.45. The molecule has 0 saturated carbocycles. The standard InChI is InChI=1S/C17H14Cl2N4O3S/c1-9(12-6-3-7-26-12)22-23-17-21-16(25)13(27-17)8-14(24)20-11-5-2-4-10(18)15(11)19/h2-7,13H,8H2,1H3,(H,20,24)(H,21,23,25)/b22-9+/t13-/m1/s1. The van der Waals surface area contributed by atoms with Gasteiger partial charge in [-0.05, 0) is 31.2 Å². The maximum absolute atomic E-state index is 12.2. The second-order valence-corrected chi connectivity index (χ2v) is 7.49. The molecular weight excluding hydrogens is 411 g/mol. The summed E-state index contributed by atoms with van der Waals surface area (Å²) in [6, 6.07) is 8.42. The van der Waals surface area contributed by atoms with Crippen molar-refractivity contribution in [2.75, 3.05) is 5.32 Å². The van der Waals surface area contributed by atoms with Crippen LogP contribution in [-0.2, 0) is 9.59 Å². The smallest absolute Gasteiger partial charge is 0.240 e. The second-order valence-electron chi connectivity index (χ2n) is 5.52. The lowest BCUT2D eigenvalue weighted by atomic mass is 10.2. The van der Waals surface area contributed by atoms with E-state index in [0.29, 0.717) is 27.3 Å². The number of nitrogens with one attached hydrogen (secondary N) is 2. The Labute approximate surface area is 169 Å². The Kier molecular flexibility index (Phi) is 6.20. The molecule has 1 atom stereocenters. The summed E-state index contributed by atoms with van der Waals surface area (Å²) < 4.78 is 5.21. The first-order chi connectivity index (χ1) is 12.9. The SMILES string of the molecule is C/C(=N\N=C1/NC(=O)[C@@H](CC(=O)Nc2cccc(Cl)c2Cl)S1)c1ccco1. The van der Waals surface area contributed by atoms with E-state index in [-0.39, 0.29) is 23.3 Å². The third-order valence-corrected chi connectivity index (χ3v) is 5.43. The van der Waals surface area contributed by atoms with E-state index in [1.807, 2.05) is 0 Å². The number of halogens is 2. The van der Waals surface area contributed by atoms with Gasteiger partial charge in [-0.3, -0.25) is 9.59 Å². The Balaban J connectivity index is 1.60. The van der Waals surface area contributed by atoms with Crippen molar-refractivity contribution in [1.82, 2.24) is 5.32 Å². The van der Waals surface area contributed by atoms with Crippen LogP contribution in [0.1, 0.15) is 19.1 Å². The van der Waals surface area contributed by atoms with Crippen molar-refractivity contribution in [3.05, 3.63) is 52.4 Å². The topological polar surface area (TPSA) is 96.1 Å². The average Bonchev–Trinajstić information content (AvgIpc) is 3.27. The lowest BCUT2D eigenvalue weighted by Gasteiger charge is -2.09. The molecule has 2 heterocycles. The molecule has 1 aliphatic heterocycles. The second kappa shape index (κ2) is 8.60. The molecule has 2 aromatic rings. The van der Waals surface area contributed by atoms with E-state index >= 15 is 0 Å². The quantitative estimate of drug-likeness (QED) is 0.561. The van der Waals surface area contributed by atoms with Gasteiger partial charge < -0.3 is 15.1 Å². The zero-order valence-corrected chi connectivity index (χ0v) is 16.4. The zero-order valence-electron chi connectivity index (χ0n) is 14.0. The molecule has 0 unspecified atom stereocenters. The molecule has 0 radical (unpaired) electrons. The van der Waals surface area contributed by atoms with Gasteiger partial charge in [-0.25, -0.2) is 0 Å². The number of furan rings is 1. The van der Waals surface area contributed by atoms with Crippen LogP contribution >= 0.6 is 35.0 Å². The van der Waals surface area contributed by atoms with Gasteiger partial charge in [0.1, 0.15) is 16.7 Å². The van der Waals surface area contributed by atoms with Gasteiger partial charge >= 0.3 is 0 Å². The Morgan fingerprint density at radius 1 is 1.33 bits per heavy atom. The third kappa shape index (κ3) is 4.91. The molecule has 1 aromatic heterocycles. The maximum atomic E-state index is 12.2. The van der Waals surface area contributed by atoms with E-state index in [1.165, 1.54) is 6.26 Å². The van der Waals surface area contributed by atoms with Crippen LogP contribution in [0.3, 0.4) is 0 Å². The molecular formula is C17H14Cl2N4O3S. The molecule has 10 heteroatoms. The Bertz CT molecular complexity index is 928. The number of carbonyl (C=O) groups excluding carboxylic acids is 2. The highest BCUT2D eigenvalue weighted by Gasteiger charge is 2.32. The minimum absolute atomic E-state index is 0.0424. The number of amides is 2. The van der Waals surface area contributed by atoms with Crippen LogP contribution < -0.4 is 10.6 Å². The van der Waals surface area contributed by atoms with Gasteiger partial charge in [0, 0.05) is 6.42 Å². The molecule has 0 bridgehead atoms. The van der Waals surface area contributed by atoms with Gasteiger partial charge in [-0.15, -0.1) is 10.2 Å². The lowest BCUT2D eigenvalue weighted by Crippen LogP contribution is -2.28. The third-order valence-electron chi connectivity index (χ3n) is 3.54. The zero-order chi connectivity index (χ0) is 19.4. The normalized spacial score (nSPS) is 18.6. The molecule has 0 aliphatic carbocycles. The maximum Gasteiger partial charge on any atom is 0.240 e. The molecule has 1 saturated heterocycles. The number of amidine groups is 1. The van der Waals surface area contributed by atoms with Crippen molar-refractivity contribution in [3.63, 3.8) is 0 Å². The summed E-state index contributed by atoms with van der Waals surface area (Å²) in [5.74, 6) is -0.0803. The van der Waals surface area contributed by atoms with Crippen molar-refractivity contribution in [3.8, 4) is 0 Å². The number of hydrogen-bond donors (Lipinski definition) is 2. The van der Waals surface area contributed by atoms with Crippen molar-refractivity contribution in [2.24, 2.45) is 10.2 Å². The van der Waals surface area contributed by atoms with Crippen LogP contribution in [0.2, 0.25) is 10.0 Å². The van der Waals surface area contributed by atoms with Gasteiger partial charge in [0.2, 0.25) is 11.8 Å². The average molecular weight is 425 g/mol. The van der Waals surface area contributed by atoms with Crippen LogP contribution in [0.25, 0.3) is 0 Å². The van der Waals surface area contributed by atoms with Gasteiger partial charge in [-0.1, -0.05) is 41.0 Å². The van der Waals surface area contributed by atoms with E-state index < -0.39 is 5.25 Å². The van der Waals surface area contributed by atoms with E-state index in [1.54, 1.807) is 37.3 Å². The highest BCUT2D eigenvalue weighted by Crippen LogP contribution is 2.30. The minimum atomic E-state index is -0.610. The number of hydrogen-bond acceptors (Lipinski definition) is 6. The predicted octanol–water partition coefficient (Wildman–Crippen LogP) is 3.93. The van der Waals surface area contributed by atoms with E-state index in [0.717, 1.165) is 11.8 Å². The summed E-state index contributed by atoms with van der Waals surface area (Å²) in [6.07, 6.45) is 1.49. The molecule has 0 spiro atoms. The summed E-state index contributed by atoms with van der Waals surface area (Å²) in [4.78, 5) is 24.3. The van der Waals surface area contributed by atoms with E-state index in [4.69, 9.17) is 27.6 Å². The highest BCUT2D eigenvalue weighted by atomic mass is 35.5. The van der Waals surface area contributed by atoms with Gasteiger partial charge in [0.25, 0.3) is 0 Å². The van der Waals surface area contributed by atoms with Gasteiger partial charge in [0.05, 0.1) is 22.0 Å². The molecule has 27 heavy (non-hydrogen) atoms. The van der Waals surface area contributed by atoms with Gasteiger partial charge in [0.15, 0.2) is 5.17 Å². The van der Waals surface area contributed by atoms with Crippen LogP contribution in [-0.4, -0.2) is 27.9 Å². The number of carbonyl (C=O) groups is 2. The summed E-state index contributed by atoms with van der Waals surface area (Å²) in [5, 5.41) is 13.6. The first-order valence-electron chi connectivity index (χ1n) is 7.81. The van der Waals surface area contributed by atoms with Crippen molar-refractivity contribution < 1.29 is 14.0 Å². The fourth-order valence-corrected chi connectivity index (χ4v) is 3.48. The Morgan fingerprint density at radius 3 is 2.89 bits per heavy atom. The number of nitrogens with zero attached hydrogens (tertiary/aromatic N) is 2. The molecule has 2 N–H and O–H groups in total. The summed E-state index contributed by atoms with van der Waals surface area (Å²) >= 11 is 13.1. The molecule has 140 valence electrons. The number of benzene rings is 1. The molecule has 3 rings (SSSR count). The molecule has 1 aromatic carbocycles. The summed E-state index contributed by atoms with van der Waals surface area (Å²) in [5.41, 5.74) is 0.962. The summed E-state index contributed by atoms with van der Waals surface area (Å²) in [6.45, 7) is 1.74. The van der Waals surface area contributed by atoms with Crippen LogP contribution in [0.4, 0.5) is 5.69 Å². The van der Waals surface area contributed by atoms with Crippen LogP contribution in [0.15, 0.2) is 51.2 Å². The molecule has 1 aliphatic rings. The minimum Gasteiger partial charge on any atom is -0.463 e. The Morgan fingerprint density at radius 2 is 2.15 bits per heavy atom. The van der Waals surface area contributed by atoms with Crippen molar-refractivity contribution >= 4 is 63.3 Å². The van der Waals surface area contributed by atoms with E-state index in [9.17, 15) is 9.59 Å². The highest BCUT2D eigenvalue weighted by molar-refractivity contribution is 8.15. The number of rotatable bonds is 5. The van der Waals surface area contributed by atoms with Crippen LogP contribution in [0.5, 0.6) is 0 Å². The monoisotopic (exact) mass is 424 g/mol. The molecule has 2 amide bonds. The van der Waals surface area contributed by atoms with Crippen LogP contribution in [0, 0.1) is 0 Å². The summed E-state index contributed by atoms with van der Waals surface area (Å²) in [7, 11) is 0. The number of thioether (sulfide) groups is 1. The number of anilines is 1. The molecule has 7 nitrogen and oxygen atoms in total. The Hall–Kier alpha value is -2.29. The van der Waals surface area contributed by atoms with Crippen molar-refractivity contribution in [2.45, 2.75) is 18.6 Å². The fourth-order valence-electron chi connectivity index (χ4n) is 2.21. The van der Waals surface area contributed by atoms with Gasteiger partial charge in [-0.2, -0.15) is 0 Å². The lowest BCUT2D eigenvalue weighted by molar-refractivity contribution is -0.122. The first kappa shape index (κ1) is 19.5. The predicted molar refractivity (Wildman–Crippen MR) is 108 cm³/mol. The van der Waals surface area contributed by atoms with Crippen molar-refractivity contribution in [1.29, 1.82) is 0 Å².